The molecule has 1 fully saturated rings. The second-order valence-corrected chi connectivity index (χ2v) is 10.1. The number of alkyl halides is 2. The highest BCUT2D eigenvalue weighted by Crippen LogP contribution is 2.40. The minimum absolute atomic E-state index is 0.0453. The number of carbonyl (C=O) groups excluding carboxylic acids is 2. The van der Waals surface area contributed by atoms with Crippen LogP contribution in [0.3, 0.4) is 0 Å². The summed E-state index contributed by atoms with van der Waals surface area (Å²) >= 11 is 11.0. The molecule has 2 aliphatic rings. The fourth-order valence-corrected chi connectivity index (χ4v) is 4.94. The van der Waals surface area contributed by atoms with Gasteiger partial charge in [0.1, 0.15) is 11.0 Å². The predicted molar refractivity (Wildman–Crippen MR) is 147 cm³/mol. The number of hydrogen-bond acceptors (Lipinski definition) is 7. The number of nitrogens with zero attached hydrogens (tertiary/aromatic N) is 2. The van der Waals surface area contributed by atoms with Crippen molar-refractivity contribution in [3.8, 4) is 0 Å². The van der Waals surface area contributed by atoms with Crippen molar-refractivity contribution in [1.29, 1.82) is 0 Å². The van der Waals surface area contributed by atoms with Gasteiger partial charge in [0.2, 0.25) is 5.78 Å². The van der Waals surface area contributed by atoms with E-state index >= 15 is 0 Å². The van der Waals surface area contributed by atoms with E-state index in [9.17, 15) is 23.2 Å². The molecule has 0 spiro atoms. The lowest BCUT2D eigenvalue weighted by Crippen LogP contribution is -2.23. The molecule has 210 valence electrons. The maximum atomic E-state index is 14.1. The smallest absolute Gasteiger partial charge is 0.338 e. The van der Waals surface area contributed by atoms with Gasteiger partial charge in [-0.15, -0.1) is 0 Å². The summed E-state index contributed by atoms with van der Waals surface area (Å²) in [6.07, 6.45) is 6.68. The average Bonchev–Trinajstić information content (AvgIpc) is 3.49. The molecule has 2 aromatic heterocycles. The molecular formula is C27H25Cl2F2N5O4. The van der Waals surface area contributed by atoms with Gasteiger partial charge in [-0.3, -0.25) is 9.59 Å². The quantitative estimate of drug-likeness (QED) is 0.263. The highest BCUT2D eigenvalue weighted by Gasteiger charge is 2.47. The maximum absolute atomic E-state index is 14.1. The third kappa shape index (κ3) is 6.48. The van der Waals surface area contributed by atoms with Crippen LogP contribution >= 0.6 is 23.2 Å². The number of benzene rings is 1. The second-order valence-electron chi connectivity index (χ2n) is 9.28. The summed E-state index contributed by atoms with van der Waals surface area (Å²) in [6, 6.07) is 7.75. The number of aromatic nitrogens is 2. The number of Topliss-reactive ketones (excluding diaryl/α,β-unsaturated/α-hetero) is 1. The van der Waals surface area contributed by atoms with Gasteiger partial charge in [0, 0.05) is 49.2 Å². The first-order valence-electron chi connectivity index (χ1n) is 12.3. The monoisotopic (exact) mass is 591 g/mol. The van der Waals surface area contributed by atoms with E-state index in [1.165, 1.54) is 24.4 Å². The predicted octanol–water partition coefficient (Wildman–Crippen LogP) is 5.84. The van der Waals surface area contributed by atoms with Gasteiger partial charge in [-0.2, -0.15) is 8.78 Å². The largest absolute Gasteiger partial charge is 0.478 e. The molecule has 0 unspecified atom stereocenters. The van der Waals surface area contributed by atoms with Crippen molar-refractivity contribution in [2.75, 3.05) is 17.7 Å². The Morgan fingerprint density at radius 2 is 1.75 bits per heavy atom. The molecule has 0 aliphatic heterocycles. The summed E-state index contributed by atoms with van der Waals surface area (Å²) in [5.74, 6) is -5.48. The fraction of sp³-hybridized carbons (Fsp3) is 0.296. The number of fused-ring (bicyclic) bond motifs is 1. The van der Waals surface area contributed by atoms with E-state index in [4.69, 9.17) is 28.3 Å². The number of nitrogens with one attached hydrogen (secondary N) is 3. The number of aromatic carboxylic acids is 1. The highest BCUT2D eigenvalue weighted by molar-refractivity contribution is 6.35. The molecule has 2 heterocycles. The second kappa shape index (κ2) is 12.1. The molecule has 1 aromatic carbocycles. The van der Waals surface area contributed by atoms with E-state index in [1.54, 1.807) is 19.2 Å². The normalized spacial score (nSPS) is 15.6. The van der Waals surface area contributed by atoms with E-state index in [0.29, 0.717) is 34.4 Å². The number of carbonyl (C=O) groups is 3. The summed E-state index contributed by atoms with van der Waals surface area (Å²) in [4.78, 5) is 41.9. The lowest BCUT2D eigenvalue weighted by molar-refractivity contribution is -0.141. The van der Waals surface area contributed by atoms with E-state index < -0.39 is 17.7 Å². The number of hydrogen-bond donors (Lipinski definition) is 4. The van der Waals surface area contributed by atoms with Gasteiger partial charge in [-0.05, 0) is 36.6 Å². The molecule has 0 atom stereocenters. The van der Waals surface area contributed by atoms with E-state index in [0.717, 1.165) is 31.9 Å². The van der Waals surface area contributed by atoms with Crippen molar-refractivity contribution in [3.05, 3.63) is 75.2 Å². The van der Waals surface area contributed by atoms with Gasteiger partial charge in [0.05, 0.1) is 21.8 Å². The zero-order chi connectivity index (χ0) is 29.0. The van der Waals surface area contributed by atoms with Crippen molar-refractivity contribution < 1.29 is 28.3 Å². The number of anilines is 3. The number of rotatable bonds is 6. The molecule has 5 rings (SSSR count). The van der Waals surface area contributed by atoms with Crippen LogP contribution in [0.4, 0.5) is 26.0 Å². The van der Waals surface area contributed by atoms with Gasteiger partial charge in [0.25, 0.3) is 5.91 Å². The van der Waals surface area contributed by atoms with Crippen LogP contribution in [0, 0.1) is 0 Å². The Hall–Kier alpha value is -3.83. The molecule has 2 aliphatic carbocycles. The average molecular weight is 592 g/mol. The van der Waals surface area contributed by atoms with Gasteiger partial charge < -0.3 is 21.1 Å². The van der Waals surface area contributed by atoms with Gasteiger partial charge in [-0.25, -0.2) is 14.8 Å². The molecule has 3 aromatic rings. The summed E-state index contributed by atoms with van der Waals surface area (Å²) in [5, 5.41) is 17.8. The summed E-state index contributed by atoms with van der Waals surface area (Å²) < 4.78 is 28.1. The molecule has 40 heavy (non-hydrogen) atoms. The van der Waals surface area contributed by atoms with Crippen LogP contribution in [-0.2, 0) is 17.1 Å². The minimum atomic E-state index is -3.46. The van der Waals surface area contributed by atoms with Crippen molar-refractivity contribution >= 4 is 58.1 Å². The van der Waals surface area contributed by atoms with Crippen molar-refractivity contribution in [1.82, 2.24) is 15.3 Å². The van der Waals surface area contributed by atoms with Crippen LogP contribution in [0.5, 0.6) is 0 Å². The Kier molecular flexibility index (Phi) is 8.85. The Bertz CT molecular complexity index is 1460. The SMILES string of the molecule is CNC(=O)c1cnc(Nc2ccc3c(c2)C(F)(F)C(=O)C3)cc1NC1CCCC1.O=C(O)c1cnc(Cl)cc1Cl. The molecule has 1 saturated carbocycles. The fourth-order valence-electron chi connectivity index (χ4n) is 4.50. The first kappa shape index (κ1) is 29.2. The zero-order valence-corrected chi connectivity index (χ0v) is 22.7. The summed E-state index contributed by atoms with van der Waals surface area (Å²) in [5.41, 5.74) is 1.52. The lowest BCUT2D eigenvalue weighted by atomic mass is 10.1. The van der Waals surface area contributed by atoms with Crippen LogP contribution < -0.4 is 16.0 Å². The lowest BCUT2D eigenvalue weighted by Gasteiger charge is -2.18. The Morgan fingerprint density at radius 1 is 1.05 bits per heavy atom. The first-order valence-corrected chi connectivity index (χ1v) is 13.1. The van der Waals surface area contributed by atoms with Crippen LogP contribution in [-0.4, -0.2) is 45.8 Å². The number of carboxylic acids is 1. The minimum Gasteiger partial charge on any atom is -0.478 e. The Labute approximate surface area is 238 Å². The van der Waals surface area contributed by atoms with Gasteiger partial charge >= 0.3 is 11.9 Å². The van der Waals surface area contributed by atoms with Crippen LogP contribution in [0.2, 0.25) is 10.2 Å². The van der Waals surface area contributed by atoms with E-state index in [2.05, 4.69) is 25.9 Å². The molecular weight excluding hydrogens is 567 g/mol. The number of pyridine rings is 2. The molecule has 0 saturated heterocycles. The highest BCUT2D eigenvalue weighted by atomic mass is 35.5. The first-order chi connectivity index (χ1) is 19.0. The number of carboxylic acid groups (broad SMARTS) is 1. The number of amides is 1. The van der Waals surface area contributed by atoms with Gasteiger partial charge in [-0.1, -0.05) is 42.1 Å². The Morgan fingerprint density at radius 3 is 2.40 bits per heavy atom. The van der Waals surface area contributed by atoms with Crippen LogP contribution in [0.15, 0.2) is 42.7 Å². The number of ketones is 1. The standard InChI is InChI=1S/C21H22F2N4O2.C6H3Cl2NO2/c1-24-20(29)15-11-25-19(10-17(15)26-13-4-2-3-5-13)27-14-7-6-12-8-18(28)21(22,23)16(12)9-14;7-4-1-5(8)9-2-3(4)6(10)11/h6-7,9-11,13H,2-5,8H2,1H3,(H,24,29)(H2,25,26,27);1-2H,(H,10,11). The third-order valence-corrected chi connectivity index (χ3v) is 7.08. The van der Waals surface area contributed by atoms with Crippen LogP contribution in [0.1, 0.15) is 57.5 Å². The van der Waals surface area contributed by atoms with Crippen molar-refractivity contribution in [2.24, 2.45) is 0 Å². The van der Waals surface area contributed by atoms with E-state index in [-0.39, 0.29) is 33.6 Å². The topological polar surface area (TPSA) is 133 Å². The van der Waals surface area contributed by atoms with Crippen molar-refractivity contribution in [2.45, 2.75) is 44.1 Å². The van der Waals surface area contributed by atoms with Crippen molar-refractivity contribution in [3.63, 3.8) is 0 Å². The van der Waals surface area contributed by atoms with Gasteiger partial charge in [0.15, 0.2) is 0 Å². The summed E-state index contributed by atoms with van der Waals surface area (Å²) in [6.45, 7) is 0. The molecule has 0 radical (unpaired) electrons. The number of halogens is 4. The molecule has 4 N–H and O–H groups in total. The molecule has 9 nitrogen and oxygen atoms in total. The molecule has 13 heteroatoms. The van der Waals surface area contributed by atoms with E-state index in [1.807, 2.05) is 0 Å². The maximum Gasteiger partial charge on any atom is 0.338 e. The Balaban J connectivity index is 0.000000283. The summed E-state index contributed by atoms with van der Waals surface area (Å²) in [7, 11) is 1.56. The van der Waals surface area contributed by atoms with Crippen LogP contribution in [0.25, 0.3) is 0 Å². The molecule has 0 bridgehead atoms. The third-order valence-electron chi connectivity index (χ3n) is 6.56. The zero-order valence-electron chi connectivity index (χ0n) is 21.2. The molecule has 1 amide bonds.